The van der Waals surface area contributed by atoms with Gasteiger partial charge in [0.2, 0.25) is 0 Å². The highest BCUT2D eigenvalue weighted by Gasteiger charge is 2.26. The quantitative estimate of drug-likeness (QED) is 0.617. The Morgan fingerprint density at radius 1 is 1.43 bits per heavy atom. The lowest BCUT2D eigenvalue weighted by Gasteiger charge is -2.24. The Kier molecular flexibility index (Phi) is 4.85. The highest BCUT2D eigenvalue weighted by atomic mass is 16.3. The molecule has 0 aromatic carbocycles. The van der Waals surface area contributed by atoms with Gasteiger partial charge in [-0.25, -0.2) is 0 Å². The van der Waals surface area contributed by atoms with Crippen molar-refractivity contribution >= 4 is 0 Å². The summed E-state index contributed by atoms with van der Waals surface area (Å²) in [6.45, 7) is 4.77. The van der Waals surface area contributed by atoms with Crippen molar-refractivity contribution in [1.29, 1.82) is 0 Å². The maximum absolute atomic E-state index is 9.26. The van der Waals surface area contributed by atoms with E-state index in [4.69, 9.17) is 5.73 Å². The fourth-order valence-electron chi connectivity index (χ4n) is 2.48. The van der Waals surface area contributed by atoms with Crippen molar-refractivity contribution in [3.05, 3.63) is 0 Å². The highest BCUT2D eigenvalue weighted by molar-refractivity contribution is 4.85. The van der Waals surface area contributed by atoms with Crippen LogP contribution in [-0.4, -0.2) is 29.8 Å². The largest absolute Gasteiger partial charge is 0.393 e. The van der Waals surface area contributed by atoms with Crippen LogP contribution in [0.1, 0.15) is 39.5 Å². The summed E-state index contributed by atoms with van der Waals surface area (Å²) in [6, 6.07) is 0.973. The molecule has 4 unspecified atom stereocenters. The molecule has 14 heavy (non-hydrogen) atoms. The van der Waals surface area contributed by atoms with Crippen molar-refractivity contribution in [3.8, 4) is 0 Å². The first kappa shape index (κ1) is 12.0. The molecule has 4 N–H and O–H groups in total. The second-order valence-electron chi connectivity index (χ2n) is 4.69. The molecule has 0 aromatic rings. The third kappa shape index (κ3) is 3.56. The molecule has 0 saturated heterocycles. The summed E-state index contributed by atoms with van der Waals surface area (Å²) >= 11 is 0. The van der Waals surface area contributed by atoms with Crippen LogP contribution in [0.3, 0.4) is 0 Å². The van der Waals surface area contributed by atoms with Crippen LogP contribution < -0.4 is 11.1 Å². The number of nitrogens with one attached hydrogen (secondary N) is 1. The molecular weight excluding hydrogens is 176 g/mol. The van der Waals surface area contributed by atoms with Crippen molar-refractivity contribution in [2.45, 2.75) is 57.7 Å². The highest BCUT2D eigenvalue weighted by Crippen LogP contribution is 2.25. The Hall–Kier alpha value is -0.120. The fraction of sp³-hybridized carbons (Fsp3) is 1.00. The predicted molar refractivity (Wildman–Crippen MR) is 59.1 cm³/mol. The molecular formula is C11H24N2O. The van der Waals surface area contributed by atoms with Gasteiger partial charge in [-0.2, -0.15) is 0 Å². The van der Waals surface area contributed by atoms with E-state index < -0.39 is 0 Å². The maximum Gasteiger partial charge on any atom is 0.0526 e. The van der Waals surface area contributed by atoms with E-state index in [1.807, 2.05) is 6.92 Å². The predicted octanol–water partition coefficient (Wildman–Crippen LogP) is 0.863. The van der Waals surface area contributed by atoms with Crippen LogP contribution in [0.2, 0.25) is 0 Å². The average molecular weight is 200 g/mol. The lowest BCUT2D eigenvalue weighted by molar-refractivity contribution is 0.165. The van der Waals surface area contributed by atoms with E-state index in [0.717, 1.165) is 13.0 Å². The summed E-state index contributed by atoms with van der Waals surface area (Å²) < 4.78 is 0. The molecule has 0 aliphatic heterocycles. The van der Waals surface area contributed by atoms with Gasteiger partial charge in [-0.15, -0.1) is 0 Å². The van der Waals surface area contributed by atoms with Crippen molar-refractivity contribution < 1.29 is 5.11 Å². The number of nitrogens with two attached hydrogens (primary N) is 1. The van der Waals surface area contributed by atoms with Gasteiger partial charge in [-0.1, -0.05) is 6.42 Å². The lowest BCUT2D eigenvalue weighted by atomic mass is 10.0. The second kappa shape index (κ2) is 5.69. The van der Waals surface area contributed by atoms with E-state index in [1.165, 1.54) is 19.3 Å². The Morgan fingerprint density at radius 2 is 2.14 bits per heavy atom. The van der Waals surface area contributed by atoms with Gasteiger partial charge < -0.3 is 16.2 Å². The lowest BCUT2D eigenvalue weighted by Crippen LogP contribution is -2.42. The van der Waals surface area contributed by atoms with Crippen LogP contribution >= 0.6 is 0 Å². The molecule has 3 nitrogen and oxygen atoms in total. The van der Waals surface area contributed by atoms with Crippen LogP contribution in [0.15, 0.2) is 0 Å². The zero-order valence-corrected chi connectivity index (χ0v) is 9.37. The normalized spacial score (nSPS) is 31.7. The molecule has 84 valence electrons. The smallest absolute Gasteiger partial charge is 0.0526 e. The van der Waals surface area contributed by atoms with Gasteiger partial charge in [-0.05, 0) is 45.6 Å². The van der Waals surface area contributed by atoms with Crippen LogP contribution in [-0.2, 0) is 0 Å². The second-order valence-corrected chi connectivity index (χ2v) is 4.69. The molecule has 0 radical (unpaired) electrons. The number of rotatable bonds is 5. The van der Waals surface area contributed by atoms with Gasteiger partial charge in [0.15, 0.2) is 0 Å². The third-order valence-corrected chi connectivity index (χ3v) is 3.16. The third-order valence-electron chi connectivity index (χ3n) is 3.16. The molecule has 0 bridgehead atoms. The minimum absolute atomic E-state index is 0.213. The van der Waals surface area contributed by atoms with Crippen LogP contribution in [0, 0.1) is 5.92 Å². The van der Waals surface area contributed by atoms with Gasteiger partial charge in [0.25, 0.3) is 0 Å². The van der Waals surface area contributed by atoms with Crippen molar-refractivity contribution in [2.75, 3.05) is 6.54 Å². The van der Waals surface area contributed by atoms with Gasteiger partial charge in [0.1, 0.15) is 0 Å². The van der Waals surface area contributed by atoms with Gasteiger partial charge in [0, 0.05) is 12.1 Å². The minimum atomic E-state index is -0.213. The van der Waals surface area contributed by atoms with Crippen molar-refractivity contribution in [2.24, 2.45) is 11.7 Å². The molecule has 0 heterocycles. The summed E-state index contributed by atoms with van der Waals surface area (Å²) in [6.07, 6.45) is 4.41. The molecule has 1 aliphatic carbocycles. The van der Waals surface area contributed by atoms with E-state index in [-0.39, 0.29) is 6.10 Å². The molecule has 0 amide bonds. The summed E-state index contributed by atoms with van der Waals surface area (Å²) in [7, 11) is 0. The van der Waals surface area contributed by atoms with E-state index in [1.54, 1.807) is 0 Å². The molecule has 4 atom stereocenters. The first-order valence-electron chi connectivity index (χ1n) is 5.77. The van der Waals surface area contributed by atoms with Crippen molar-refractivity contribution in [3.63, 3.8) is 0 Å². The van der Waals surface area contributed by atoms with E-state index in [9.17, 15) is 5.11 Å². The summed E-state index contributed by atoms with van der Waals surface area (Å²) in [4.78, 5) is 0. The number of hydrogen-bond donors (Lipinski definition) is 3. The Labute approximate surface area is 87.1 Å². The molecule has 1 rings (SSSR count). The molecule has 1 saturated carbocycles. The number of aliphatic hydroxyl groups is 1. The first-order valence-corrected chi connectivity index (χ1v) is 5.77. The van der Waals surface area contributed by atoms with Crippen LogP contribution in [0.5, 0.6) is 0 Å². The zero-order valence-electron chi connectivity index (χ0n) is 9.37. The Balaban J connectivity index is 2.28. The Bertz CT molecular complexity index is 161. The summed E-state index contributed by atoms with van der Waals surface area (Å²) in [5.41, 5.74) is 5.71. The standard InChI is InChI=1S/C11H24N2O/c1-8(6-9(2)14)13-11-5-3-4-10(11)7-12/h8-11,13-14H,3-7,12H2,1-2H3. The SMILES string of the molecule is CC(O)CC(C)NC1CCCC1CN. The van der Waals surface area contributed by atoms with E-state index in [2.05, 4.69) is 12.2 Å². The summed E-state index contributed by atoms with van der Waals surface area (Å²) in [5, 5.41) is 12.8. The topological polar surface area (TPSA) is 58.3 Å². The zero-order chi connectivity index (χ0) is 10.6. The van der Waals surface area contributed by atoms with Crippen LogP contribution in [0.25, 0.3) is 0 Å². The van der Waals surface area contributed by atoms with Crippen LogP contribution in [0.4, 0.5) is 0 Å². The van der Waals surface area contributed by atoms with Gasteiger partial charge in [0.05, 0.1) is 6.10 Å². The van der Waals surface area contributed by atoms with Gasteiger partial charge >= 0.3 is 0 Å². The van der Waals surface area contributed by atoms with E-state index >= 15 is 0 Å². The van der Waals surface area contributed by atoms with Gasteiger partial charge in [-0.3, -0.25) is 0 Å². The molecule has 1 aliphatic rings. The summed E-state index contributed by atoms with van der Waals surface area (Å²) in [5.74, 6) is 0.645. The molecule has 0 aromatic heterocycles. The molecule has 3 heteroatoms. The number of hydrogen-bond acceptors (Lipinski definition) is 3. The minimum Gasteiger partial charge on any atom is -0.393 e. The fourth-order valence-corrected chi connectivity index (χ4v) is 2.48. The number of aliphatic hydroxyl groups excluding tert-OH is 1. The monoisotopic (exact) mass is 200 g/mol. The Morgan fingerprint density at radius 3 is 2.71 bits per heavy atom. The average Bonchev–Trinajstić information content (AvgIpc) is 2.50. The maximum atomic E-state index is 9.26. The molecule has 0 spiro atoms. The van der Waals surface area contributed by atoms with Crippen molar-refractivity contribution in [1.82, 2.24) is 5.32 Å². The molecule has 1 fully saturated rings. The van der Waals surface area contributed by atoms with E-state index in [0.29, 0.717) is 18.0 Å². The first-order chi connectivity index (χ1) is 6.63.